The summed E-state index contributed by atoms with van der Waals surface area (Å²) in [6.45, 7) is 5.04. The molecule has 1 unspecified atom stereocenters. The fraction of sp³-hybridized carbons (Fsp3) is 0.462. The molecule has 1 fully saturated rings. The molecule has 1 heterocycles. The van der Waals surface area contributed by atoms with Gasteiger partial charge in [-0.05, 0) is 25.8 Å². The Hall–Kier alpha value is -1.31. The van der Waals surface area contributed by atoms with Crippen molar-refractivity contribution >= 4 is 5.91 Å². The van der Waals surface area contributed by atoms with Crippen LogP contribution in [-0.2, 0) is 4.79 Å². The Bertz CT molecular complexity index is 354. The van der Waals surface area contributed by atoms with E-state index in [-0.39, 0.29) is 5.91 Å². The van der Waals surface area contributed by atoms with E-state index in [1.54, 1.807) is 0 Å². The van der Waals surface area contributed by atoms with Gasteiger partial charge in [-0.2, -0.15) is 0 Å². The Morgan fingerprint density at radius 3 is 2.40 bits per heavy atom. The average Bonchev–Trinajstić information content (AvgIpc) is 2.17. The minimum absolute atomic E-state index is 0.190. The average molecular weight is 203 g/mol. The fourth-order valence-electron chi connectivity index (χ4n) is 2.26. The van der Waals surface area contributed by atoms with E-state index in [9.17, 15) is 4.79 Å². The van der Waals surface area contributed by atoms with Gasteiger partial charge in [0.15, 0.2) is 0 Å². The van der Waals surface area contributed by atoms with Gasteiger partial charge in [-0.15, -0.1) is 0 Å². The van der Waals surface area contributed by atoms with Gasteiger partial charge >= 0.3 is 0 Å². The normalized spacial score (nSPS) is 21.2. The van der Waals surface area contributed by atoms with E-state index in [1.807, 2.05) is 0 Å². The molecule has 1 amide bonds. The second-order valence-corrected chi connectivity index (χ2v) is 4.46. The standard InChI is InChI=1S/C13H17NO/c1-9-5-10(2)7-12(6-9)11-3-4-13(15)14-8-11/h5-7,11H,3-4,8H2,1-2H3,(H,14,15). The smallest absolute Gasteiger partial charge is 0.220 e. The molecule has 1 aromatic rings. The first-order chi connectivity index (χ1) is 7.15. The van der Waals surface area contributed by atoms with Gasteiger partial charge in [-0.1, -0.05) is 29.3 Å². The lowest BCUT2D eigenvalue weighted by Crippen LogP contribution is -2.33. The van der Waals surface area contributed by atoms with E-state index in [0.29, 0.717) is 12.3 Å². The second kappa shape index (κ2) is 4.05. The molecule has 0 aromatic heterocycles. The molecule has 1 atom stereocenters. The number of benzene rings is 1. The molecular weight excluding hydrogens is 186 g/mol. The van der Waals surface area contributed by atoms with Crippen molar-refractivity contribution in [3.63, 3.8) is 0 Å². The van der Waals surface area contributed by atoms with Crippen molar-refractivity contribution in [2.45, 2.75) is 32.6 Å². The first-order valence-electron chi connectivity index (χ1n) is 5.50. The van der Waals surface area contributed by atoms with Crippen LogP contribution in [0.1, 0.15) is 35.4 Å². The maximum Gasteiger partial charge on any atom is 0.220 e. The number of rotatable bonds is 1. The second-order valence-electron chi connectivity index (χ2n) is 4.46. The lowest BCUT2D eigenvalue weighted by molar-refractivity contribution is -0.122. The molecule has 1 N–H and O–H groups in total. The van der Waals surface area contributed by atoms with Crippen molar-refractivity contribution in [3.05, 3.63) is 34.9 Å². The zero-order valence-corrected chi connectivity index (χ0v) is 9.34. The molecule has 1 saturated heterocycles. The SMILES string of the molecule is Cc1cc(C)cc(C2CCC(=O)NC2)c1. The van der Waals surface area contributed by atoms with Crippen LogP contribution in [0.25, 0.3) is 0 Å². The van der Waals surface area contributed by atoms with E-state index in [0.717, 1.165) is 13.0 Å². The van der Waals surface area contributed by atoms with E-state index in [2.05, 4.69) is 37.4 Å². The molecule has 1 aromatic carbocycles. The summed E-state index contributed by atoms with van der Waals surface area (Å²) in [4.78, 5) is 11.1. The van der Waals surface area contributed by atoms with Crippen LogP contribution in [0.5, 0.6) is 0 Å². The van der Waals surface area contributed by atoms with Crippen molar-refractivity contribution in [1.82, 2.24) is 5.32 Å². The number of hydrogen-bond donors (Lipinski definition) is 1. The van der Waals surface area contributed by atoms with Crippen LogP contribution < -0.4 is 5.32 Å². The van der Waals surface area contributed by atoms with Crippen LogP contribution in [0, 0.1) is 13.8 Å². The van der Waals surface area contributed by atoms with Crippen molar-refractivity contribution in [3.8, 4) is 0 Å². The van der Waals surface area contributed by atoms with Gasteiger partial charge in [0.1, 0.15) is 0 Å². The Labute approximate surface area is 90.7 Å². The molecule has 15 heavy (non-hydrogen) atoms. The fourth-order valence-corrected chi connectivity index (χ4v) is 2.26. The molecule has 0 bridgehead atoms. The number of carbonyl (C=O) groups excluding carboxylic acids is 1. The number of amides is 1. The van der Waals surface area contributed by atoms with Gasteiger partial charge < -0.3 is 5.32 Å². The number of piperidine rings is 1. The molecule has 0 radical (unpaired) electrons. The summed E-state index contributed by atoms with van der Waals surface area (Å²) in [6, 6.07) is 6.65. The first-order valence-corrected chi connectivity index (χ1v) is 5.50. The van der Waals surface area contributed by atoms with E-state index < -0.39 is 0 Å². The van der Waals surface area contributed by atoms with Crippen LogP contribution in [0.4, 0.5) is 0 Å². The number of carbonyl (C=O) groups is 1. The third kappa shape index (κ3) is 2.38. The summed E-state index contributed by atoms with van der Waals surface area (Å²) in [5, 5.41) is 2.93. The summed E-state index contributed by atoms with van der Waals surface area (Å²) >= 11 is 0. The number of hydrogen-bond acceptors (Lipinski definition) is 1. The van der Waals surface area contributed by atoms with Gasteiger partial charge in [0.05, 0.1) is 0 Å². The van der Waals surface area contributed by atoms with Gasteiger partial charge in [-0.3, -0.25) is 4.79 Å². The van der Waals surface area contributed by atoms with E-state index in [1.165, 1.54) is 16.7 Å². The largest absolute Gasteiger partial charge is 0.355 e. The van der Waals surface area contributed by atoms with Gasteiger partial charge in [0, 0.05) is 18.9 Å². The van der Waals surface area contributed by atoms with Gasteiger partial charge in [-0.25, -0.2) is 0 Å². The maximum atomic E-state index is 11.1. The molecule has 0 aliphatic carbocycles. The molecule has 0 spiro atoms. The third-order valence-corrected chi connectivity index (χ3v) is 2.98. The molecule has 2 heteroatoms. The molecule has 1 aliphatic rings. The van der Waals surface area contributed by atoms with Crippen LogP contribution in [0.2, 0.25) is 0 Å². The zero-order valence-electron chi connectivity index (χ0n) is 9.34. The quantitative estimate of drug-likeness (QED) is 0.745. The van der Waals surface area contributed by atoms with Crippen molar-refractivity contribution in [1.29, 1.82) is 0 Å². The zero-order chi connectivity index (χ0) is 10.8. The Balaban J connectivity index is 2.18. The highest BCUT2D eigenvalue weighted by Gasteiger charge is 2.19. The Kier molecular flexibility index (Phi) is 2.76. The number of aryl methyl sites for hydroxylation is 2. The Morgan fingerprint density at radius 2 is 1.87 bits per heavy atom. The number of nitrogens with one attached hydrogen (secondary N) is 1. The summed E-state index contributed by atoms with van der Waals surface area (Å²) in [6.07, 6.45) is 1.65. The first kappa shape index (κ1) is 10.2. The highest BCUT2D eigenvalue weighted by atomic mass is 16.1. The molecule has 0 saturated carbocycles. The van der Waals surface area contributed by atoms with Gasteiger partial charge in [0.2, 0.25) is 5.91 Å². The summed E-state index contributed by atoms with van der Waals surface area (Å²) < 4.78 is 0. The monoisotopic (exact) mass is 203 g/mol. The summed E-state index contributed by atoms with van der Waals surface area (Å²) in [7, 11) is 0. The minimum Gasteiger partial charge on any atom is -0.355 e. The predicted octanol–water partition coefficient (Wildman–Crippen LogP) is 2.30. The lowest BCUT2D eigenvalue weighted by Gasteiger charge is -2.23. The predicted molar refractivity (Wildman–Crippen MR) is 60.9 cm³/mol. The molecule has 2 rings (SSSR count). The molecular formula is C13H17NO. The topological polar surface area (TPSA) is 29.1 Å². The summed E-state index contributed by atoms with van der Waals surface area (Å²) in [5.41, 5.74) is 3.98. The van der Waals surface area contributed by atoms with E-state index in [4.69, 9.17) is 0 Å². The molecule has 80 valence electrons. The van der Waals surface area contributed by atoms with Crippen LogP contribution in [-0.4, -0.2) is 12.5 Å². The van der Waals surface area contributed by atoms with Crippen molar-refractivity contribution in [2.24, 2.45) is 0 Å². The van der Waals surface area contributed by atoms with Gasteiger partial charge in [0.25, 0.3) is 0 Å². The van der Waals surface area contributed by atoms with Crippen molar-refractivity contribution in [2.75, 3.05) is 6.54 Å². The van der Waals surface area contributed by atoms with Crippen LogP contribution in [0.3, 0.4) is 0 Å². The third-order valence-electron chi connectivity index (χ3n) is 2.98. The van der Waals surface area contributed by atoms with Crippen molar-refractivity contribution < 1.29 is 4.79 Å². The minimum atomic E-state index is 0.190. The van der Waals surface area contributed by atoms with Crippen LogP contribution >= 0.6 is 0 Å². The maximum absolute atomic E-state index is 11.1. The van der Waals surface area contributed by atoms with E-state index >= 15 is 0 Å². The lowest BCUT2D eigenvalue weighted by atomic mass is 9.89. The summed E-state index contributed by atoms with van der Waals surface area (Å²) in [5.74, 6) is 0.692. The molecule has 1 aliphatic heterocycles. The Morgan fingerprint density at radius 1 is 1.20 bits per heavy atom. The highest BCUT2D eigenvalue weighted by Crippen LogP contribution is 2.25. The van der Waals surface area contributed by atoms with Crippen LogP contribution in [0.15, 0.2) is 18.2 Å². The molecule has 2 nitrogen and oxygen atoms in total. The highest BCUT2D eigenvalue weighted by molar-refractivity contribution is 5.76.